The van der Waals surface area contributed by atoms with Crippen LogP contribution in [-0.2, 0) is 16.6 Å². The minimum absolute atomic E-state index is 0.103. The third-order valence-corrected chi connectivity index (χ3v) is 8.26. The molecule has 0 aliphatic carbocycles. The van der Waals surface area contributed by atoms with Gasteiger partial charge in [0.25, 0.3) is 0 Å². The van der Waals surface area contributed by atoms with Gasteiger partial charge < -0.3 is 9.84 Å². The molecule has 1 aromatic carbocycles. The monoisotopic (exact) mass is 497 g/mol. The number of nitrogens with zero attached hydrogens (tertiary/aromatic N) is 5. The molecule has 0 fully saturated rings. The first-order valence-corrected chi connectivity index (χ1v) is 13.0. The molecule has 186 valence electrons. The summed E-state index contributed by atoms with van der Waals surface area (Å²) in [6, 6.07) is 8.33. The minimum atomic E-state index is -3.88. The fourth-order valence-corrected chi connectivity index (χ4v) is 6.09. The van der Waals surface area contributed by atoms with Gasteiger partial charge in [-0.15, -0.1) is 0 Å². The van der Waals surface area contributed by atoms with Crippen molar-refractivity contribution in [1.29, 1.82) is 0 Å². The molecule has 0 spiro atoms. The average molecular weight is 498 g/mol. The molecule has 0 amide bonds. The third-order valence-electron chi connectivity index (χ3n) is 6.24. The summed E-state index contributed by atoms with van der Waals surface area (Å²) < 4.78 is 35.1. The number of aromatic nitrogens is 3. The Hall–Kier alpha value is -2.92. The molecule has 1 aliphatic rings. The van der Waals surface area contributed by atoms with E-state index in [0.29, 0.717) is 18.8 Å². The van der Waals surface area contributed by atoms with Gasteiger partial charge in [0.05, 0.1) is 6.61 Å². The number of aliphatic hydroxyl groups is 1. The van der Waals surface area contributed by atoms with Crippen LogP contribution in [0, 0.1) is 5.92 Å². The highest BCUT2D eigenvalue weighted by Crippen LogP contribution is 2.36. The highest BCUT2D eigenvalue weighted by atomic mass is 32.2. The average Bonchev–Trinajstić information content (AvgIpc) is 2.86. The SMILES string of the molecule is C[C@H]1CN([C@@H](C)CO)S(=O)(=O)c2ccc(-c3ccncc3)cc2O[C@H]1CN(C)Cc1cncnc1. The maximum atomic E-state index is 13.6. The predicted octanol–water partition coefficient (Wildman–Crippen LogP) is 2.44. The second kappa shape index (κ2) is 10.8. The van der Waals surface area contributed by atoms with E-state index in [1.165, 1.54) is 10.6 Å². The van der Waals surface area contributed by atoms with Crippen LogP contribution in [0.15, 0.2) is 66.3 Å². The van der Waals surface area contributed by atoms with Gasteiger partial charge in [-0.05, 0) is 49.4 Å². The van der Waals surface area contributed by atoms with Crippen molar-refractivity contribution >= 4 is 10.0 Å². The molecule has 0 saturated heterocycles. The van der Waals surface area contributed by atoms with E-state index in [1.807, 2.05) is 26.1 Å². The van der Waals surface area contributed by atoms with Crippen LogP contribution in [0.4, 0.5) is 0 Å². The molecular formula is C25H31N5O4S. The lowest BCUT2D eigenvalue weighted by molar-refractivity contribution is 0.0733. The van der Waals surface area contributed by atoms with Crippen LogP contribution in [0.1, 0.15) is 19.4 Å². The number of rotatable bonds is 7. The maximum Gasteiger partial charge on any atom is 0.247 e. The first-order chi connectivity index (χ1) is 16.8. The number of ether oxygens (including phenoxy) is 1. The van der Waals surface area contributed by atoms with E-state index in [9.17, 15) is 13.5 Å². The normalized spacial score (nSPS) is 20.9. The molecule has 4 rings (SSSR count). The van der Waals surface area contributed by atoms with E-state index in [-0.39, 0.29) is 30.1 Å². The van der Waals surface area contributed by atoms with E-state index in [2.05, 4.69) is 19.9 Å². The van der Waals surface area contributed by atoms with E-state index < -0.39 is 16.1 Å². The second-order valence-corrected chi connectivity index (χ2v) is 10.9. The number of likely N-dealkylation sites (N-methyl/N-ethyl adjacent to an activating group) is 1. The molecule has 0 saturated carbocycles. The molecule has 9 nitrogen and oxygen atoms in total. The van der Waals surface area contributed by atoms with Gasteiger partial charge in [-0.3, -0.25) is 9.88 Å². The van der Waals surface area contributed by atoms with Crippen molar-refractivity contribution in [2.24, 2.45) is 5.92 Å². The number of sulfonamides is 1. The quantitative estimate of drug-likeness (QED) is 0.530. The van der Waals surface area contributed by atoms with Gasteiger partial charge in [-0.1, -0.05) is 13.0 Å². The summed E-state index contributed by atoms with van der Waals surface area (Å²) >= 11 is 0. The topological polar surface area (TPSA) is 109 Å². The van der Waals surface area contributed by atoms with Crippen LogP contribution in [0.2, 0.25) is 0 Å². The Labute approximate surface area is 206 Å². The Morgan fingerprint density at radius 2 is 1.86 bits per heavy atom. The summed E-state index contributed by atoms with van der Waals surface area (Å²) in [5.41, 5.74) is 2.73. The fraction of sp³-hybridized carbons (Fsp3) is 0.400. The first-order valence-electron chi connectivity index (χ1n) is 11.6. The summed E-state index contributed by atoms with van der Waals surface area (Å²) in [7, 11) is -1.89. The van der Waals surface area contributed by atoms with Crippen LogP contribution in [0.25, 0.3) is 11.1 Å². The van der Waals surface area contributed by atoms with E-state index in [4.69, 9.17) is 4.74 Å². The number of hydrogen-bond donors (Lipinski definition) is 1. The molecule has 1 aliphatic heterocycles. The maximum absolute atomic E-state index is 13.6. The minimum Gasteiger partial charge on any atom is -0.487 e. The molecule has 0 unspecified atom stereocenters. The van der Waals surface area contributed by atoms with E-state index in [0.717, 1.165) is 16.7 Å². The van der Waals surface area contributed by atoms with Crippen molar-refractivity contribution in [3.63, 3.8) is 0 Å². The summed E-state index contributed by atoms with van der Waals surface area (Å²) in [5, 5.41) is 9.82. The van der Waals surface area contributed by atoms with E-state index in [1.54, 1.807) is 49.9 Å². The van der Waals surface area contributed by atoms with Crippen molar-refractivity contribution in [2.45, 2.75) is 37.4 Å². The van der Waals surface area contributed by atoms with Crippen molar-refractivity contribution in [3.05, 3.63) is 67.0 Å². The third kappa shape index (κ3) is 5.67. The molecule has 0 bridgehead atoms. The molecule has 3 atom stereocenters. The van der Waals surface area contributed by atoms with Gasteiger partial charge in [0.15, 0.2) is 0 Å². The summed E-state index contributed by atoms with van der Waals surface area (Å²) in [6.07, 6.45) is 8.15. The van der Waals surface area contributed by atoms with Crippen LogP contribution >= 0.6 is 0 Å². The Kier molecular flexibility index (Phi) is 7.75. The smallest absolute Gasteiger partial charge is 0.247 e. The summed E-state index contributed by atoms with van der Waals surface area (Å²) in [6.45, 7) is 4.86. The Morgan fingerprint density at radius 1 is 1.14 bits per heavy atom. The highest BCUT2D eigenvalue weighted by molar-refractivity contribution is 7.89. The predicted molar refractivity (Wildman–Crippen MR) is 132 cm³/mol. The van der Waals surface area contributed by atoms with Crippen LogP contribution in [0.3, 0.4) is 0 Å². The summed E-state index contributed by atoms with van der Waals surface area (Å²) in [5.74, 6) is 0.174. The zero-order valence-corrected chi connectivity index (χ0v) is 21.0. The fourth-order valence-electron chi connectivity index (χ4n) is 4.26. The standard InChI is InChI=1S/C25H31N5O4S/c1-18-13-30(19(2)16-31)35(32,33)25-5-4-22(21-6-8-26-9-7-21)10-23(25)34-24(18)15-29(3)14-20-11-27-17-28-12-20/h4-12,17-19,24,31H,13-16H2,1-3H3/t18-,19-,24-/m0/s1. The zero-order valence-electron chi connectivity index (χ0n) is 20.2. The molecule has 3 aromatic rings. The molecule has 1 N–H and O–H groups in total. The molecule has 2 aromatic heterocycles. The van der Waals surface area contributed by atoms with Gasteiger partial charge in [-0.25, -0.2) is 18.4 Å². The van der Waals surface area contributed by atoms with E-state index >= 15 is 0 Å². The zero-order chi connectivity index (χ0) is 25.0. The largest absolute Gasteiger partial charge is 0.487 e. The second-order valence-electron chi connectivity index (χ2n) is 9.08. The van der Waals surface area contributed by atoms with Crippen LogP contribution < -0.4 is 4.74 Å². The van der Waals surface area contributed by atoms with Crippen molar-refractivity contribution in [1.82, 2.24) is 24.2 Å². The lowest BCUT2D eigenvalue weighted by atomic mass is 10.0. The molecule has 3 heterocycles. The van der Waals surface area contributed by atoms with Crippen LogP contribution in [0.5, 0.6) is 5.75 Å². The first kappa shape index (κ1) is 25.2. The van der Waals surface area contributed by atoms with Gasteiger partial charge in [0.2, 0.25) is 10.0 Å². The molecule has 10 heteroatoms. The Bertz CT molecular complexity index is 1230. The molecular weight excluding hydrogens is 466 g/mol. The molecule has 0 radical (unpaired) electrons. The number of fused-ring (bicyclic) bond motifs is 1. The highest BCUT2D eigenvalue weighted by Gasteiger charge is 2.38. The van der Waals surface area contributed by atoms with Gasteiger partial charge in [0.1, 0.15) is 23.1 Å². The van der Waals surface area contributed by atoms with Crippen molar-refractivity contribution < 1.29 is 18.3 Å². The lowest BCUT2D eigenvalue weighted by Crippen LogP contribution is -2.49. The van der Waals surface area contributed by atoms with Gasteiger partial charge in [-0.2, -0.15) is 4.31 Å². The van der Waals surface area contributed by atoms with Crippen molar-refractivity contribution in [2.75, 3.05) is 26.7 Å². The lowest BCUT2D eigenvalue weighted by Gasteiger charge is -2.37. The van der Waals surface area contributed by atoms with Crippen LogP contribution in [-0.4, -0.2) is 76.6 Å². The number of benzene rings is 1. The Morgan fingerprint density at radius 3 is 2.54 bits per heavy atom. The Balaban J connectivity index is 1.72. The molecule has 35 heavy (non-hydrogen) atoms. The number of pyridine rings is 1. The van der Waals surface area contributed by atoms with Crippen molar-refractivity contribution in [3.8, 4) is 16.9 Å². The van der Waals surface area contributed by atoms with Gasteiger partial charge in [0, 0.05) is 61.9 Å². The summed E-state index contributed by atoms with van der Waals surface area (Å²) in [4.78, 5) is 14.4. The number of aliphatic hydroxyl groups excluding tert-OH is 1. The number of hydrogen-bond acceptors (Lipinski definition) is 8. The van der Waals surface area contributed by atoms with Gasteiger partial charge >= 0.3 is 0 Å².